The molecule has 1 aromatic carbocycles. The highest BCUT2D eigenvalue weighted by Crippen LogP contribution is 2.15. The van der Waals surface area contributed by atoms with Gasteiger partial charge in [0.05, 0.1) is 12.6 Å². The fourth-order valence-corrected chi connectivity index (χ4v) is 2.32. The van der Waals surface area contributed by atoms with Crippen molar-refractivity contribution in [2.24, 2.45) is 0 Å². The summed E-state index contributed by atoms with van der Waals surface area (Å²) in [4.78, 5) is 14.1. The van der Waals surface area contributed by atoms with Crippen LogP contribution in [0, 0.1) is 0 Å². The highest BCUT2D eigenvalue weighted by Gasteiger charge is 2.15. The van der Waals surface area contributed by atoms with E-state index in [1.54, 1.807) is 0 Å². The summed E-state index contributed by atoms with van der Waals surface area (Å²) >= 11 is 5.85. The van der Waals surface area contributed by atoms with Crippen LogP contribution in [0.1, 0.15) is 18.5 Å². The first-order valence-electron chi connectivity index (χ1n) is 6.63. The number of hydrogen-bond acceptors (Lipinski definition) is 3. The van der Waals surface area contributed by atoms with Crippen LogP contribution in [0.4, 0.5) is 0 Å². The summed E-state index contributed by atoms with van der Waals surface area (Å²) in [6, 6.07) is 7.58. The first-order valence-corrected chi connectivity index (χ1v) is 7.01. The molecule has 1 saturated heterocycles. The second-order valence-corrected chi connectivity index (χ2v) is 5.30. The Balaban J connectivity index is 1.82. The molecule has 1 fully saturated rings. The molecule has 4 nitrogen and oxygen atoms in total. The summed E-state index contributed by atoms with van der Waals surface area (Å²) < 4.78 is 0. The second kappa shape index (κ2) is 6.89. The van der Waals surface area contributed by atoms with Gasteiger partial charge in [0.15, 0.2) is 0 Å². The van der Waals surface area contributed by atoms with Crippen LogP contribution in [-0.2, 0) is 4.79 Å². The van der Waals surface area contributed by atoms with Crippen LogP contribution in [0.5, 0.6) is 0 Å². The summed E-state index contributed by atoms with van der Waals surface area (Å²) in [5.41, 5.74) is 1.07. The van der Waals surface area contributed by atoms with Gasteiger partial charge in [-0.15, -0.1) is 0 Å². The zero-order valence-corrected chi connectivity index (χ0v) is 11.9. The lowest BCUT2D eigenvalue weighted by atomic mass is 10.1. The van der Waals surface area contributed by atoms with Gasteiger partial charge in [0.1, 0.15) is 0 Å². The average Bonchev–Trinajstić information content (AvgIpc) is 2.40. The number of benzene rings is 1. The lowest BCUT2D eigenvalue weighted by molar-refractivity contribution is -0.123. The predicted molar refractivity (Wildman–Crippen MR) is 77.3 cm³/mol. The second-order valence-electron chi connectivity index (χ2n) is 4.87. The van der Waals surface area contributed by atoms with Crippen molar-refractivity contribution < 1.29 is 4.79 Å². The van der Waals surface area contributed by atoms with Gasteiger partial charge in [0, 0.05) is 31.2 Å². The van der Waals surface area contributed by atoms with E-state index in [4.69, 9.17) is 11.6 Å². The average molecular weight is 282 g/mol. The van der Waals surface area contributed by atoms with Gasteiger partial charge in [-0.25, -0.2) is 0 Å². The molecule has 1 heterocycles. The van der Waals surface area contributed by atoms with Crippen molar-refractivity contribution in [1.29, 1.82) is 0 Å². The minimum absolute atomic E-state index is 0.00711. The number of piperazine rings is 1. The Kier molecular flexibility index (Phi) is 5.19. The van der Waals surface area contributed by atoms with Crippen molar-refractivity contribution in [2.45, 2.75) is 13.0 Å². The number of carbonyl (C=O) groups is 1. The van der Waals surface area contributed by atoms with E-state index in [0.29, 0.717) is 11.6 Å². The van der Waals surface area contributed by atoms with E-state index in [0.717, 1.165) is 31.7 Å². The maximum absolute atomic E-state index is 12.0. The van der Waals surface area contributed by atoms with Gasteiger partial charge in [-0.3, -0.25) is 9.69 Å². The van der Waals surface area contributed by atoms with Gasteiger partial charge >= 0.3 is 0 Å². The SMILES string of the molecule is C[C@@H](NC(=O)CN1CCNCC1)c1ccc(Cl)cc1. The lowest BCUT2D eigenvalue weighted by Gasteiger charge is -2.27. The van der Waals surface area contributed by atoms with E-state index in [9.17, 15) is 4.79 Å². The van der Waals surface area contributed by atoms with Crippen molar-refractivity contribution in [2.75, 3.05) is 32.7 Å². The molecule has 0 aliphatic carbocycles. The van der Waals surface area contributed by atoms with Crippen LogP contribution in [-0.4, -0.2) is 43.5 Å². The fourth-order valence-electron chi connectivity index (χ4n) is 2.19. The number of nitrogens with zero attached hydrogens (tertiary/aromatic N) is 1. The maximum atomic E-state index is 12.0. The highest BCUT2D eigenvalue weighted by atomic mass is 35.5. The van der Waals surface area contributed by atoms with E-state index in [1.807, 2.05) is 31.2 Å². The number of rotatable bonds is 4. The van der Waals surface area contributed by atoms with Gasteiger partial charge in [-0.1, -0.05) is 23.7 Å². The van der Waals surface area contributed by atoms with E-state index >= 15 is 0 Å². The molecule has 1 aliphatic heterocycles. The zero-order chi connectivity index (χ0) is 13.7. The monoisotopic (exact) mass is 281 g/mol. The summed E-state index contributed by atoms with van der Waals surface area (Å²) in [7, 11) is 0. The van der Waals surface area contributed by atoms with Crippen molar-refractivity contribution in [3.8, 4) is 0 Å². The van der Waals surface area contributed by atoms with E-state index < -0.39 is 0 Å². The Labute approximate surface area is 119 Å². The van der Waals surface area contributed by atoms with Crippen molar-refractivity contribution in [1.82, 2.24) is 15.5 Å². The van der Waals surface area contributed by atoms with Gasteiger partial charge in [0.25, 0.3) is 0 Å². The van der Waals surface area contributed by atoms with Crippen molar-refractivity contribution in [3.63, 3.8) is 0 Å². The minimum Gasteiger partial charge on any atom is -0.348 e. The molecule has 1 aliphatic rings. The van der Waals surface area contributed by atoms with Crippen LogP contribution >= 0.6 is 11.6 Å². The predicted octanol–water partition coefficient (Wildman–Crippen LogP) is 1.42. The maximum Gasteiger partial charge on any atom is 0.234 e. The Bertz CT molecular complexity index is 415. The van der Waals surface area contributed by atoms with Crippen LogP contribution in [0.15, 0.2) is 24.3 Å². The molecule has 0 saturated carbocycles. The molecule has 19 heavy (non-hydrogen) atoms. The number of carbonyl (C=O) groups excluding carboxylic acids is 1. The molecule has 0 unspecified atom stereocenters. The van der Waals surface area contributed by atoms with Crippen molar-refractivity contribution in [3.05, 3.63) is 34.9 Å². The third-order valence-electron chi connectivity index (χ3n) is 3.32. The molecule has 2 rings (SSSR count). The Morgan fingerprint density at radius 1 is 1.37 bits per heavy atom. The lowest BCUT2D eigenvalue weighted by Crippen LogP contribution is -2.47. The van der Waals surface area contributed by atoms with E-state index in [-0.39, 0.29) is 11.9 Å². The molecule has 2 N–H and O–H groups in total. The van der Waals surface area contributed by atoms with Crippen LogP contribution in [0.2, 0.25) is 5.02 Å². The van der Waals surface area contributed by atoms with Gasteiger partial charge in [0.2, 0.25) is 5.91 Å². The number of nitrogens with one attached hydrogen (secondary N) is 2. The smallest absolute Gasteiger partial charge is 0.234 e. The topological polar surface area (TPSA) is 44.4 Å². The molecule has 0 aromatic heterocycles. The van der Waals surface area contributed by atoms with Crippen molar-refractivity contribution >= 4 is 17.5 Å². The number of halogens is 1. The van der Waals surface area contributed by atoms with Gasteiger partial charge in [-0.2, -0.15) is 0 Å². The van der Waals surface area contributed by atoms with E-state index in [1.165, 1.54) is 0 Å². The molecular formula is C14H20ClN3O. The summed E-state index contributed by atoms with van der Waals surface area (Å²) in [6.45, 7) is 6.24. The standard InChI is InChI=1S/C14H20ClN3O/c1-11(12-2-4-13(15)5-3-12)17-14(19)10-18-8-6-16-7-9-18/h2-5,11,16H,6-10H2,1H3,(H,17,19)/t11-/m1/s1. The third-order valence-corrected chi connectivity index (χ3v) is 3.58. The first kappa shape index (κ1) is 14.3. The largest absolute Gasteiger partial charge is 0.348 e. The number of amides is 1. The summed E-state index contributed by atoms with van der Waals surface area (Å²) in [5.74, 6) is 0.0735. The molecule has 5 heteroatoms. The Morgan fingerprint density at radius 3 is 2.63 bits per heavy atom. The molecule has 0 spiro atoms. The van der Waals surface area contributed by atoms with Crippen LogP contribution in [0.3, 0.4) is 0 Å². The molecule has 1 amide bonds. The highest BCUT2D eigenvalue weighted by molar-refractivity contribution is 6.30. The van der Waals surface area contributed by atoms with Gasteiger partial charge in [-0.05, 0) is 24.6 Å². The molecular weight excluding hydrogens is 262 g/mol. The Hall–Kier alpha value is -1.10. The molecule has 1 atom stereocenters. The normalized spacial score (nSPS) is 18.0. The third kappa shape index (κ3) is 4.49. The van der Waals surface area contributed by atoms with E-state index in [2.05, 4.69) is 15.5 Å². The molecule has 104 valence electrons. The zero-order valence-electron chi connectivity index (χ0n) is 11.2. The van der Waals surface area contributed by atoms with Crippen LogP contribution < -0.4 is 10.6 Å². The summed E-state index contributed by atoms with van der Waals surface area (Å²) in [5, 5.41) is 7.00. The fraction of sp³-hybridized carbons (Fsp3) is 0.500. The molecule has 1 aromatic rings. The summed E-state index contributed by atoms with van der Waals surface area (Å²) in [6.07, 6.45) is 0. The first-order chi connectivity index (χ1) is 9.15. The Morgan fingerprint density at radius 2 is 2.00 bits per heavy atom. The van der Waals surface area contributed by atoms with Gasteiger partial charge < -0.3 is 10.6 Å². The molecule has 0 radical (unpaired) electrons. The number of hydrogen-bond donors (Lipinski definition) is 2. The van der Waals surface area contributed by atoms with Crippen LogP contribution in [0.25, 0.3) is 0 Å². The molecule has 0 bridgehead atoms. The quantitative estimate of drug-likeness (QED) is 0.877. The minimum atomic E-state index is 0.00711.